The summed E-state index contributed by atoms with van der Waals surface area (Å²) in [6.07, 6.45) is 2.88. The normalized spacial score (nSPS) is 24.0. The molecule has 0 N–H and O–H groups in total. The molecular weight excluding hydrogens is 327 g/mol. The second-order valence-electron chi connectivity index (χ2n) is 7.54. The first-order valence-electron chi connectivity index (χ1n) is 9.40. The Labute approximate surface area is 148 Å². The third-order valence-corrected chi connectivity index (χ3v) is 5.67. The summed E-state index contributed by atoms with van der Waals surface area (Å²) in [6, 6.07) is 4.10. The minimum Gasteiger partial charge on any atom is -0.303 e. The Kier molecular flexibility index (Phi) is 6.34. The molecule has 140 valence electrons. The number of nitrogens with zero attached hydrogens (tertiary/aromatic N) is 3. The Morgan fingerprint density at radius 2 is 1.76 bits per heavy atom. The molecule has 0 radical (unpaired) electrons. The molecule has 0 bridgehead atoms. The largest absolute Gasteiger partial charge is 0.389 e. The summed E-state index contributed by atoms with van der Waals surface area (Å²) < 4.78 is 36.8. The van der Waals surface area contributed by atoms with Crippen LogP contribution >= 0.6 is 0 Å². The molecule has 0 aliphatic carbocycles. The van der Waals surface area contributed by atoms with Crippen LogP contribution in [0.3, 0.4) is 0 Å². The number of likely N-dealkylation sites (tertiary alicyclic amines) is 2. The van der Waals surface area contributed by atoms with Crippen LogP contribution < -0.4 is 0 Å². The van der Waals surface area contributed by atoms with E-state index in [1.165, 1.54) is 18.4 Å². The Balaban J connectivity index is 1.36. The standard InChI is InChI=1S/C19H28F3N3/c20-19(21,22)7-2-9-24-12-6-18(15-24)17-4-10-25(11-5-17)14-16-3-1-8-23-13-16/h1,3,8,13,17-18H,2,4-7,9-12,14-15H2. The topological polar surface area (TPSA) is 19.4 Å². The van der Waals surface area contributed by atoms with Gasteiger partial charge in [-0.15, -0.1) is 0 Å². The number of hydrogen-bond donors (Lipinski definition) is 0. The SMILES string of the molecule is FC(F)(F)CCCN1CCC(C2CCN(Cc3cccnc3)CC2)C1. The van der Waals surface area contributed by atoms with Crippen molar-refractivity contribution in [3.8, 4) is 0 Å². The molecule has 0 amide bonds. The molecule has 1 unspecified atom stereocenters. The van der Waals surface area contributed by atoms with Gasteiger partial charge in [0.25, 0.3) is 0 Å². The Morgan fingerprint density at radius 1 is 1.04 bits per heavy atom. The molecule has 0 saturated carbocycles. The van der Waals surface area contributed by atoms with Gasteiger partial charge in [-0.3, -0.25) is 9.88 Å². The molecule has 2 aliphatic heterocycles. The van der Waals surface area contributed by atoms with Gasteiger partial charge in [0.2, 0.25) is 0 Å². The van der Waals surface area contributed by atoms with E-state index in [2.05, 4.69) is 20.9 Å². The summed E-state index contributed by atoms with van der Waals surface area (Å²) in [6.45, 7) is 5.75. The molecule has 1 atom stereocenters. The van der Waals surface area contributed by atoms with E-state index in [-0.39, 0.29) is 6.42 Å². The van der Waals surface area contributed by atoms with Gasteiger partial charge in [0.05, 0.1) is 0 Å². The summed E-state index contributed by atoms with van der Waals surface area (Å²) in [5.74, 6) is 1.41. The molecule has 1 aromatic rings. The molecule has 25 heavy (non-hydrogen) atoms. The fourth-order valence-electron chi connectivity index (χ4n) is 4.29. The van der Waals surface area contributed by atoms with E-state index in [4.69, 9.17) is 0 Å². The van der Waals surface area contributed by atoms with Gasteiger partial charge in [-0.2, -0.15) is 13.2 Å². The summed E-state index contributed by atoms with van der Waals surface area (Å²) in [7, 11) is 0. The first-order valence-corrected chi connectivity index (χ1v) is 9.40. The average molecular weight is 355 g/mol. The maximum atomic E-state index is 12.3. The van der Waals surface area contributed by atoms with Crippen LogP contribution in [0.15, 0.2) is 24.5 Å². The van der Waals surface area contributed by atoms with Gasteiger partial charge in [0.15, 0.2) is 0 Å². The second kappa shape index (κ2) is 8.49. The summed E-state index contributed by atoms with van der Waals surface area (Å²) in [5, 5.41) is 0. The van der Waals surface area contributed by atoms with Crippen LogP contribution in [0, 0.1) is 11.8 Å². The molecule has 2 fully saturated rings. The van der Waals surface area contributed by atoms with Gasteiger partial charge in [-0.1, -0.05) is 6.07 Å². The van der Waals surface area contributed by atoms with E-state index in [1.807, 2.05) is 12.3 Å². The molecule has 0 aromatic carbocycles. The predicted octanol–water partition coefficient (Wildman–Crippen LogP) is 3.96. The van der Waals surface area contributed by atoms with Gasteiger partial charge < -0.3 is 4.90 Å². The summed E-state index contributed by atoms with van der Waals surface area (Å²) in [5.41, 5.74) is 1.26. The molecule has 6 heteroatoms. The van der Waals surface area contributed by atoms with E-state index < -0.39 is 12.6 Å². The number of rotatable bonds is 6. The third kappa shape index (κ3) is 5.96. The van der Waals surface area contributed by atoms with Crippen molar-refractivity contribution in [1.29, 1.82) is 0 Å². The zero-order chi connectivity index (χ0) is 17.7. The molecule has 3 rings (SSSR count). The molecule has 0 spiro atoms. The van der Waals surface area contributed by atoms with E-state index in [0.717, 1.165) is 45.1 Å². The molecule has 3 nitrogen and oxygen atoms in total. The predicted molar refractivity (Wildman–Crippen MR) is 92.1 cm³/mol. The quantitative estimate of drug-likeness (QED) is 0.770. The second-order valence-corrected chi connectivity index (χ2v) is 7.54. The minimum atomic E-state index is -4.01. The van der Waals surface area contributed by atoms with Gasteiger partial charge in [0, 0.05) is 31.9 Å². The van der Waals surface area contributed by atoms with Crippen LogP contribution in [0.4, 0.5) is 13.2 Å². The van der Waals surface area contributed by atoms with Crippen molar-refractivity contribution in [2.75, 3.05) is 32.7 Å². The van der Waals surface area contributed by atoms with E-state index in [9.17, 15) is 13.2 Å². The van der Waals surface area contributed by atoms with Crippen molar-refractivity contribution >= 4 is 0 Å². The van der Waals surface area contributed by atoms with Gasteiger partial charge in [-0.05, 0) is 75.3 Å². The van der Waals surface area contributed by atoms with Crippen molar-refractivity contribution in [2.24, 2.45) is 11.8 Å². The van der Waals surface area contributed by atoms with Gasteiger partial charge >= 0.3 is 6.18 Å². The maximum absolute atomic E-state index is 12.3. The molecule has 2 saturated heterocycles. The summed E-state index contributed by atoms with van der Waals surface area (Å²) in [4.78, 5) is 8.90. The zero-order valence-corrected chi connectivity index (χ0v) is 14.7. The highest BCUT2D eigenvalue weighted by atomic mass is 19.4. The third-order valence-electron chi connectivity index (χ3n) is 5.67. The number of piperidine rings is 1. The van der Waals surface area contributed by atoms with Crippen LogP contribution in [0.1, 0.15) is 37.7 Å². The number of alkyl halides is 3. The molecule has 3 heterocycles. The highest BCUT2D eigenvalue weighted by Crippen LogP contribution is 2.32. The lowest BCUT2D eigenvalue weighted by molar-refractivity contribution is -0.136. The smallest absolute Gasteiger partial charge is 0.303 e. The number of hydrogen-bond acceptors (Lipinski definition) is 3. The summed E-state index contributed by atoms with van der Waals surface area (Å²) >= 11 is 0. The van der Waals surface area contributed by atoms with Gasteiger partial charge in [-0.25, -0.2) is 0 Å². The van der Waals surface area contributed by atoms with Crippen molar-refractivity contribution in [3.05, 3.63) is 30.1 Å². The average Bonchev–Trinajstić information content (AvgIpc) is 3.04. The van der Waals surface area contributed by atoms with Crippen LogP contribution in [-0.4, -0.2) is 53.7 Å². The van der Waals surface area contributed by atoms with E-state index >= 15 is 0 Å². The Morgan fingerprint density at radius 3 is 2.44 bits per heavy atom. The zero-order valence-electron chi connectivity index (χ0n) is 14.7. The number of halogens is 3. The highest BCUT2D eigenvalue weighted by Gasteiger charge is 2.32. The first-order chi connectivity index (χ1) is 12.0. The number of pyridine rings is 1. The number of aromatic nitrogens is 1. The highest BCUT2D eigenvalue weighted by molar-refractivity contribution is 5.08. The maximum Gasteiger partial charge on any atom is 0.389 e. The lowest BCUT2D eigenvalue weighted by atomic mass is 9.83. The monoisotopic (exact) mass is 355 g/mol. The van der Waals surface area contributed by atoms with Crippen molar-refractivity contribution in [1.82, 2.24) is 14.8 Å². The van der Waals surface area contributed by atoms with Crippen LogP contribution in [0.5, 0.6) is 0 Å². The first kappa shape index (κ1) is 18.6. The fourth-order valence-corrected chi connectivity index (χ4v) is 4.29. The van der Waals surface area contributed by atoms with Crippen LogP contribution in [0.25, 0.3) is 0 Å². The minimum absolute atomic E-state index is 0.236. The van der Waals surface area contributed by atoms with Crippen molar-refractivity contribution in [3.63, 3.8) is 0 Å². The molecular formula is C19H28F3N3. The van der Waals surface area contributed by atoms with Gasteiger partial charge in [0.1, 0.15) is 0 Å². The molecule has 1 aromatic heterocycles. The van der Waals surface area contributed by atoms with Crippen molar-refractivity contribution < 1.29 is 13.2 Å². The lowest BCUT2D eigenvalue weighted by Gasteiger charge is -2.35. The van der Waals surface area contributed by atoms with Crippen LogP contribution in [-0.2, 0) is 6.54 Å². The fraction of sp³-hybridized carbons (Fsp3) is 0.737. The van der Waals surface area contributed by atoms with Crippen LogP contribution in [0.2, 0.25) is 0 Å². The lowest BCUT2D eigenvalue weighted by Crippen LogP contribution is -2.36. The van der Waals surface area contributed by atoms with E-state index in [0.29, 0.717) is 12.5 Å². The van der Waals surface area contributed by atoms with E-state index in [1.54, 1.807) is 6.20 Å². The molecule has 2 aliphatic rings. The Hall–Kier alpha value is -1.14. The Bertz CT molecular complexity index is 512. The van der Waals surface area contributed by atoms with Crippen molar-refractivity contribution in [2.45, 2.75) is 44.8 Å².